The number of nitrogens with zero attached hydrogens (tertiary/aromatic N) is 2. The highest BCUT2D eigenvalue weighted by Crippen LogP contribution is 2.33. The van der Waals surface area contributed by atoms with E-state index in [1.54, 1.807) is 0 Å². The summed E-state index contributed by atoms with van der Waals surface area (Å²) in [5, 5.41) is 3.39. The van der Waals surface area contributed by atoms with Crippen LogP contribution < -0.4 is 5.32 Å². The molecule has 0 aliphatic carbocycles. The Balaban J connectivity index is 1.54. The first kappa shape index (κ1) is 15.3. The lowest BCUT2D eigenvalue weighted by Gasteiger charge is -2.42. The van der Waals surface area contributed by atoms with E-state index in [1.807, 2.05) is 0 Å². The van der Waals surface area contributed by atoms with Gasteiger partial charge in [-0.3, -0.25) is 4.79 Å². The maximum atomic E-state index is 12.9. The molecular weight excluding hydrogens is 262 g/mol. The molecule has 3 saturated heterocycles. The average molecular weight is 293 g/mol. The van der Waals surface area contributed by atoms with Gasteiger partial charge in [-0.2, -0.15) is 0 Å². The smallest absolute Gasteiger partial charge is 0.230 e. The van der Waals surface area contributed by atoms with E-state index in [-0.39, 0.29) is 5.41 Å². The van der Waals surface area contributed by atoms with Gasteiger partial charge in [-0.1, -0.05) is 13.3 Å². The van der Waals surface area contributed by atoms with Crippen molar-refractivity contribution >= 4 is 5.91 Å². The third-order valence-corrected chi connectivity index (χ3v) is 6.03. The lowest BCUT2D eigenvalue weighted by molar-refractivity contribution is -0.143. The topological polar surface area (TPSA) is 35.6 Å². The lowest BCUT2D eigenvalue weighted by atomic mass is 9.82. The van der Waals surface area contributed by atoms with Crippen LogP contribution in [0.25, 0.3) is 0 Å². The summed E-state index contributed by atoms with van der Waals surface area (Å²) in [6.07, 6.45) is 8.49. The van der Waals surface area contributed by atoms with Crippen LogP contribution in [-0.4, -0.2) is 61.0 Å². The van der Waals surface area contributed by atoms with E-state index in [1.165, 1.54) is 45.2 Å². The molecule has 1 amide bonds. The zero-order valence-corrected chi connectivity index (χ0v) is 13.6. The number of hydrogen-bond donors (Lipinski definition) is 1. The van der Waals surface area contributed by atoms with Crippen LogP contribution in [0, 0.1) is 5.41 Å². The molecule has 21 heavy (non-hydrogen) atoms. The van der Waals surface area contributed by atoms with Crippen LogP contribution >= 0.6 is 0 Å². The Labute approximate surface area is 129 Å². The van der Waals surface area contributed by atoms with Gasteiger partial charge in [-0.05, 0) is 58.2 Å². The number of piperidine rings is 2. The minimum Gasteiger partial charge on any atom is -0.342 e. The third kappa shape index (κ3) is 3.11. The Bertz CT molecular complexity index is 351. The highest BCUT2D eigenvalue weighted by atomic mass is 16.2. The van der Waals surface area contributed by atoms with E-state index in [2.05, 4.69) is 22.0 Å². The Morgan fingerprint density at radius 3 is 2.43 bits per heavy atom. The predicted octanol–water partition coefficient (Wildman–Crippen LogP) is 1.85. The molecule has 0 radical (unpaired) electrons. The predicted molar refractivity (Wildman–Crippen MR) is 85.2 cm³/mol. The number of nitrogens with one attached hydrogen (secondary N) is 1. The van der Waals surface area contributed by atoms with E-state index in [0.29, 0.717) is 5.91 Å². The van der Waals surface area contributed by atoms with Gasteiger partial charge >= 0.3 is 0 Å². The summed E-state index contributed by atoms with van der Waals surface area (Å²) < 4.78 is 0. The number of carbonyl (C=O) groups is 1. The molecule has 3 aliphatic heterocycles. The van der Waals surface area contributed by atoms with Crippen molar-refractivity contribution in [2.75, 3.05) is 39.3 Å². The Hall–Kier alpha value is -0.610. The van der Waals surface area contributed by atoms with E-state index >= 15 is 0 Å². The first-order valence-electron chi connectivity index (χ1n) is 8.99. The molecule has 1 unspecified atom stereocenters. The number of amides is 1. The molecule has 3 rings (SSSR count). The summed E-state index contributed by atoms with van der Waals surface area (Å²) in [7, 11) is 0. The number of hydrogen-bond acceptors (Lipinski definition) is 3. The molecule has 0 aromatic carbocycles. The van der Waals surface area contributed by atoms with E-state index in [0.717, 1.165) is 45.1 Å². The molecule has 0 bridgehead atoms. The molecule has 3 aliphatic rings. The second-order valence-electron chi connectivity index (χ2n) is 7.18. The highest BCUT2D eigenvalue weighted by Gasteiger charge is 2.42. The summed E-state index contributed by atoms with van der Waals surface area (Å²) in [5.74, 6) is 0.423. The monoisotopic (exact) mass is 293 g/mol. The van der Waals surface area contributed by atoms with Gasteiger partial charge in [0.15, 0.2) is 0 Å². The molecule has 4 heteroatoms. The minimum absolute atomic E-state index is 0.0992. The van der Waals surface area contributed by atoms with Crippen LogP contribution in [0.3, 0.4) is 0 Å². The van der Waals surface area contributed by atoms with Crippen molar-refractivity contribution in [3.63, 3.8) is 0 Å². The average Bonchev–Trinajstić information content (AvgIpc) is 3.05. The van der Waals surface area contributed by atoms with Gasteiger partial charge in [0.05, 0.1) is 5.41 Å². The molecule has 0 saturated carbocycles. The molecule has 3 heterocycles. The maximum Gasteiger partial charge on any atom is 0.230 e. The van der Waals surface area contributed by atoms with Crippen LogP contribution in [0.15, 0.2) is 0 Å². The molecular formula is C17H31N3O. The molecule has 4 nitrogen and oxygen atoms in total. The van der Waals surface area contributed by atoms with Gasteiger partial charge in [0.25, 0.3) is 0 Å². The quantitative estimate of drug-likeness (QED) is 0.862. The van der Waals surface area contributed by atoms with Crippen molar-refractivity contribution in [1.29, 1.82) is 0 Å². The van der Waals surface area contributed by atoms with Gasteiger partial charge < -0.3 is 15.1 Å². The van der Waals surface area contributed by atoms with E-state index in [9.17, 15) is 4.79 Å². The SMILES string of the molecule is CCC1(C(=O)N2CCC(N3CCCCC3)CC2)CCNC1. The van der Waals surface area contributed by atoms with Gasteiger partial charge in [-0.25, -0.2) is 0 Å². The van der Waals surface area contributed by atoms with Gasteiger partial charge in [-0.15, -0.1) is 0 Å². The van der Waals surface area contributed by atoms with Crippen molar-refractivity contribution < 1.29 is 4.79 Å². The fraction of sp³-hybridized carbons (Fsp3) is 0.941. The van der Waals surface area contributed by atoms with Crippen molar-refractivity contribution in [3.8, 4) is 0 Å². The fourth-order valence-corrected chi connectivity index (χ4v) is 4.43. The second kappa shape index (κ2) is 6.66. The normalized spacial score (nSPS) is 32.5. The van der Waals surface area contributed by atoms with Crippen LogP contribution in [0.4, 0.5) is 0 Å². The van der Waals surface area contributed by atoms with Crippen molar-refractivity contribution in [3.05, 3.63) is 0 Å². The van der Waals surface area contributed by atoms with Crippen molar-refractivity contribution in [2.45, 2.75) is 57.9 Å². The van der Waals surface area contributed by atoms with Gasteiger partial charge in [0.1, 0.15) is 0 Å². The van der Waals surface area contributed by atoms with Crippen molar-refractivity contribution in [1.82, 2.24) is 15.1 Å². The maximum absolute atomic E-state index is 12.9. The van der Waals surface area contributed by atoms with E-state index < -0.39 is 0 Å². The molecule has 1 atom stereocenters. The van der Waals surface area contributed by atoms with E-state index in [4.69, 9.17) is 0 Å². The highest BCUT2D eigenvalue weighted by molar-refractivity contribution is 5.83. The zero-order valence-electron chi connectivity index (χ0n) is 13.6. The summed E-state index contributed by atoms with van der Waals surface area (Å²) in [5.41, 5.74) is -0.0992. The summed E-state index contributed by atoms with van der Waals surface area (Å²) in [6, 6.07) is 0.730. The van der Waals surface area contributed by atoms with Crippen LogP contribution in [0.1, 0.15) is 51.9 Å². The molecule has 3 fully saturated rings. The summed E-state index contributed by atoms with van der Waals surface area (Å²) in [6.45, 7) is 8.57. The Kier molecular flexibility index (Phi) is 4.85. The first-order chi connectivity index (χ1) is 10.2. The Morgan fingerprint density at radius 2 is 1.86 bits per heavy atom. The first-order valence-corrected chi connectivity index (χ1v) is 8.99. The molecule has 120 valence electrons. The summed E-state index contributed by atoms with van der Waals surface area (Å²) >= 11 is 0. The summed E-state index contributed by atoms with van der Waals surface area (Å²) in [4.78, 5) is 17.8. The third-order valence-electron chi connectivity index (χ3n) is 6.03. The molecule has 0 aromatic rings. The molecule has 1 N–H and O–H groups in total. The minimum atomic E-state index is -0.0992. The number of carbonyl (C=O) groups excluding carboxylic acids is 1. The van der Waals surface area contributed by atoms with Gasteiger partial charge in [0, 0.05) is 25.7 Å². The zero-order chi connectivity index (χ0) is 14.7. The van der Waals surface area contributed by atoms with Crippen molar-refractivity contribution in [2.24, 2.45) is 5.41 Å². The van der Waals surface area contributed by atoms with Crippen LogP contribution in [0.5, 0.6) is 0 Å². The number of rotatable bonds is 3. The molecule has 0 spiro atoms. The number of likely N-dealkylation sites (tertiary alicyclic amines) is 2. The lowest BCUT2D eigenvalue weighted by Crippen LogP contribution is -2.52. The molecule has 0 aromatic heterocycles. The standard InChI is InChI=1S/C17H31N3O/c1-2-17(8-9-18-14-17)16(21)20-12-6-15(7-13-20)19-10-4-3-5-11-19/h15,18H,2-14H2,1H3. The van der Waals surface area contributed by atoms with Crippen LogP contribution in [0.2, 0.25) is 0 Å². The Morgan fingerprint density at radius 1 is 1.14 bits per heavy atom. The largest absolute Gasteiger partial charge is 0.342 e. The fourth-order valence-electron chi connectivity index (χ4n) is 4.43. The second-order valence-corrected chi connectivity index (χ2v) is 7.18. The van der Waals surface area contributed by atoms with Gasteiger partial charge in [0.2, 0.25) is 5.91 Å². The van der Waals surface area contributed by atoms with Crippen LogP contribution in [-0.2, 0) is 4.79 Å².